The highest BCUT2D eigenvalue weighted by Gasteiger charge is 2.56. The number of halogens is 1. The second-order valence-corrected chi connectivity index (χ2v) is 19.3. The first-order chi connectivity index (χ1) is 33.1. The average molecular weight is 923 g/mol. The number of pyridine rings is 1. The van der Waals surface area contributed by atoms with Gasteiger partial charge in [0.05, 0.1) is 17.1 Å². The van der Waals surface area contributed by atoms with Gasteiger partial charge in [0.2, 0.25) is 23.6 Å². The number of hydrogen-bond donors (Lipinski definition) is 5. The number of amides is 4. The van der Waals surface area contributed by atoms with Crippen molar-refractivity contribution in [2.75, 3.05) is 66.7 Å². The minimum Gasteiger partial charge on any atom is -0.506 e. The fourth-order valence-corrected chi connectivity index (χ4v) is 10.6. The number of hydrogen-bond acceptors (Lipinski definition) is 11. The molecule has 1 aliphatic carbocycles. The van der Waals surface area contributed by atoms with E-state index in [1.807, 2.05) is 30.3 Å². The monoisotopic (exact) mass is 922 g/mol. The molecule has 1 saturated carbocycles. The molecule has 354 valence electrons. The Balaban J connectivity index is 0.641. The molecule has 5 aromatic rings. The standard InChI is InChI=1S/C53H59FN8O6/c54-36-6-10-38(11-7-36)57-51(66)53(21-22-53)52(67)58-39-12-14-42(15-13-39)68-48-18-24-56-45-30-46(47(63)29-44(45)48)60-26-19-34(20-27-60)31-62-33-40-28-41(62)32-61(40)25-3-1-2-23-55-37-8-4-35(5-9-37)43-16-17-49(64)59-50(43)65/h4-15,18,24,29-30,34,40-41,43,55,63H,1-3,16-17,19-23,25-28,31-33H2,(H,57,66)(H,58,67)(H,59,64,65)/t40-,41-,43?/m0/s1. The van der Waals surface area contributed by atoms with Crippen molar-refractivity contribution in [1.29, 1.82) is 0 Å². The van der Waals surface area contributed by atoms with Crippen LogP contribution in [0.25, 0.3) is 10.9 Å². The quantitative estimate of drug-likeness (QED) is 0.0348. The van der Waals surface area contributed by atoms with E-state index in [0.29, 0.717) is 71.9 Å². The summed E-state index contributed by atoms with van der Waals surface area (Å²) >= 11 is 0. The van der Waals surface area contributed by atoms with Crippen molar-refractivity contribution in [2.45, 2.75) is 82.2 Å². The Morgan fingerprint density at radius 2 is 1.49 bits per heavy atom. The van der Waals surface area contributed by atoms with Crippen LogP contribution in [0.4, 0.5) is 27.1 Å². The number of nitrogens with one attached hydrogen (secondary N) is 4. The van der Waals surface area contributed by atoms with Crippen LogP contribution in [0, 0.1) is 17.2 Å². The summed E-state index contributed by atoms with van der Waals surface area (Å²) in [5.74, 6) is 0.0424. The number of unbranched alkanes of at least 4 members (excludes halogenated alkanes) is 2. The summed E-state index contributed by atoms with van der Waals surface area (Å²) < 4.78 is 19.6. The van der Waals surface area contributed by atoms with Crippen molar-refractivity contribution in [1.82, 2.24) is 20.1 Å². The van der Waals surface area contributed by atoms with Gasteiger partial charge in [-0.3, -0.25) is 39.3 Å². The lowest BCUT2D eigenvalue weighted by molar-refractivity contribution is -0.134. The number of phenolic OH excluding ortho intramolecular Hbond substituents is 1. The maximum atomic E-state index is 13.3. The summed E-state index contributed by atoms with van der Waals surface area (Å²) in [5, 5.41) is 23.6. The molecule has 5 fully saturated rings. The van der Waals surface area contributed by atoms with Gasteiger partial charge in [-0.1, -0.05) is 18.6 Å². The number of piperazine rings is 1. The zero-order chi connectivity index (χ0) is 46.8. The molecular formula is C53H59FN8O6. The molecule has 1 unspecified atom stereocenters. The maximum absolute atomic E-state index is 13.3. The van der Waals surface area contributed by atoms with E-state index in [-0.39, 0.29) is 23.5 Å². The molecule has 10 rings (SSSR count). The molecule has 14 nitrogen and oxygen atoms in total. The Bertz CT molecular complexity index is 2650. The van der Waals surface area contributed by atoms with E-state index in [1.165, 1.54) is 50.1 Å². The molecule has 5 aliphatic rings. The summed E-state index contributed by atoms with van der Waals surface area (Å²) in [4.78, 5) is 62.2. The molecule has 4 aromatic carbocycles. The Morgan fingerprint density at radius 3 is 2.16 bits per heavy atom. The van der Waals surface area contributed by atoms with Crippen LogP contribution in [0.3, 0.4) is 0 Å². The van der Waals surface area contributed by atoms with Gasteiger partial charge in [-0.25, -0.2) is 4.39 Å². The van der Waals surface area contributed by atoms with Crippen molar-refractivity contribution in [2.24, 2.45) is 11.3 Å². The fraction of sp³-hybridized carbons (Fsp3) is 0.415. The Hall–Kier alpha value is -6.58. The largest absolute Gasteiger partial charge is 0.506 e. The number of rotatable bonds is 17. The van der Waals surface area contributed by atoms with E-state index in [9.17, 15) is 28.7 Å². The van der Waals surface area contributed by atoms with Gasteiger partial charge >= 0.3 is 0 Å². The van der Waals surface area contributed by atoms with Gasteiger partial charge in [-0.15, -0.1) is 0 Å². The predicted octanol–water partition coefficient (Wildman–Crippen LogP) is 8.01. The van der Waals surface area contributed by atoms with Gasteiger partial charge in [-0.05, 0) is 148 Å². The number of carbonyl (C=O) groups is 4. The number of imide groups is 1. The second kappa shape index (κ2) is 19.6. The third kappa shape index (κ3) is 10.00. The SMILES string of the molecule is O=C1CCC(c2ccc(NCCCCCN3C[C@@H]4C[C@H]3CN4CC3CCN(c4cc5nccc(Oc6ccc(NC(=O)C7(C(=O)Nc8ccc(F)cc8)CC7)cc6)c5cc4O)CC3)cc2)C(=O)N1. The first kappa shape index (κ1) is 45.2. The van der Waals surface area contributed by atoms with Gasteiger partial charge in [-0.2, -0.15) is 0 Å². The molecule has 5 N–H and O–H groups in total. The Kier molecular flexibility index (Phi) is 13.0. The van der Waals surface area contributed by atoms with E-state index < -0.39 is 23.0 Å². The minimum absolute atomic E-state index is 0.186. The average Bonchev–Trinajstić information content (AvgIpc) is 3.95. The van der Waals surface area contributed by atoms with E-state index in [0.717, 1.165) is 81.0 Å². The highest BCUT2D eigenvalue weighted by atomic mass is 19.1. The van der Waals surface area contributed by atoms with Crippen molar-refractivity contribution in [3.63, 3.8) is 0 Å². The van der Waals surface area contributed by atoms with Crippen molar-refractivity contribution < 1.29 is 33.4 Å². The lowest BCUT2D eigenvalue weighted by atomic mass is 9.90. The molecule has 2 bridgehead atoms. The number of aromatic hydroxyl groups is 1. The Morgan fingerprint density at radius 1 is 0.809 bits per heavy atom. The molecule has 3 atom stereocenters. The number of carbonyl (C=O) groups excluding carboxylic acids is 4. The summed E-state index contributed by atoms with van der Waals surface area (Å²) in [6.45, 7) is 7.29. The van der Waals surface area contributed by atoms with E-state index in [1.54, 1.807) is 42.6 Å². The Labute approximate surface area is 395 Å². The van der Waals surface area contributed by atoms with E-state index >= 15 is 0 Å². The summed E-state index contributed by atoms with van der Waals surface area (Å²) in [6.07, 6.45) is 10.4. The van der Waals surface area contributed by atoms with Crippen LogP contribution in [0.1, 0.15) is 75.7 Å². The number of fused-ring (bicyclic) bond motifs is 3. The van der Waals surface area contributed by atoms with Gasteiger partial charge < -0.3 is 30.7 Å². The van der Waals surface area contributed by atoms with E-state index in [2.05, 4.69) is 41.0 Å². The van der Waals surface area contributed by atoms with E-state index in [4.69, 9.17) is 4.74 Å². The number of aromatic nitrogens is 1. The van der Waals surface area contributed by atoms with Crippen LogP contribution in [0.15, 0.2) is 97.2 Å². The van der Waals surface area contributed by atoms with Gasteiger partial charge in [0, 0.05) is 86.4 Å². The molecule has 15 heteroatoms. The molecular weight excluding hydrogens is 864 g/mol. The summed E-state index contributed by atoms with van der Waals surface area (Å²) in [7, 11) is 0. The van der Waals surface area contributed by atoms with Gasteiger partial charge in [0.15, 0.2) is 0 Å². The third-order valence-electron chi connectivity index (χ3n) is 14.8. The van der Waals surface area contributed by atoms with Crippen molar-refractivity contribution in [3.8, 4) is 17.2 Å². The van der Waals surface area contributed by atoms with Crippen molar-refractivity contribution >= 4 is 57.3 Å². The number of phenols is 1. The predicted molar refractivity (Wildman–Crippen MR) is 259 cm³/mol. The van der Waals surface area contributed by atoms with Gasteiger partial charge in [0.1, 0.15) is 28.5 Å². The number of piperidine rings is 2. The minimum atomic E-state index is -1.17. The van der Waals surface area contributed by atoms with Crippen LogP contribution in [-0.4, -0.2) is 101 Å². The molecule has 68 heavy (non-hydrogen) atoms. The van der Waals surface area contributed by atoms with Crippen LogP contribution in [0.2, 0.25) is 0 Å². The molecule has 0 radical (unpaired) electrons. The first-order valence-corrected chi connectivity index (χ1v) is 24.3. The summed E-state index contributed by atoms with van der Waals surface area (Å²) in [5.41, 5.74) is 3.30. The molecule has 5 heterocycles. The number of benzene rings is 4. The fourth-order valence-electron chi connectivity index (χ4n) is 10.6. The molecule has 4 saturated heterocycles. The number of nitrogens with zero attached hydrogens (tertiary/aromatic N) is 4. The van der Waals surface area contributed by atoms with Crippen LogP contribution in [-0.2, 0) is 19.2 Å². The smallest absolute Gasteiger partial charge is 0.240 e. The lowest BCUT2D eigenvalue weighted by Gasteiger charge is -2.39. The van der Waals surface area contributed by atoms with Gasteiger partial charge in [0.25, 0.3) is 0 Å². The van der Waals surface area contributed by atoms with Crippen LogP contribution >= 0.6 is 0 Å². The lowest BCUT2D eigenvalue weighted by Crippen LogP contribution is -2.49. The van der Waals surface area contributed by atoms with Crippen molar-refractivity contribution in [3.05, 3.63) is 109 Å². The topological polar surface area (TPSA) is 168 Å². The maximum Gasteiger partial charge on any atom is 0.240 e. The second-order valence-electron chi connectivity index (χ2n) is 19.3. The number of anilines is 4. The number of likely N-dealkylation sites (tertiary alicyclic amines) is 2. The zero-order valence-corrected chi connectivity index (χ0v) is 38.2. The normalized spacial score (nSPS) is 21.4. The summed E-state index contributed by atoms with van der Waals surface area (Å²) in [6, 6.07) is 27.1. The third-order valence-corrected chi connectivity index (χ3v) is 14.8. The molecule has 4 amide bonds. The molecule has 4 aliphatic heterocycles. The first-order valence-electron chi connectivity index (χ1n) is 24.3. The molecule has 0 spiro atoms. The highest BCUT2D eigenvalue weighted by Crippen LogP contribution is 2.48. The highest BCUT2D eigenvalue weighted by molar-refractivity contribution is 6.17. The molecule has 1 aromatic heterocycles. The number of ether oxygens (including phenoxy) is 1. The van der Waals surface area contributed by atoms with Crippen LogP contribution in [0.5, 0.6) is 17.2 Å². The van der Waals surface area contributed by atoms with Crippen LogP contribution < -0.4 is 30.9 Å². The zero-order valence-electron chi connectivity index (χ0n) is 38.2.